The number of benzene rings is 1. The van der Waals surface area contributed by atoms with Crippen LogP contribution >= 0.6 is 0 Å². The highest BCUT2D eigenvalue weighted by atomic mass is 16.5. The SMILES string of the molecule is N#CC1(OCCO)CCN(C(=O)c2ccccc2)CC1. The molecule has 20 heavy (non-hydrogen) atoms. The Hall–Kier alpha value is -1.90. The van der Waals surface area contributed by atoms with E-state index in [2.05, 4.69) is 6.07 Å². The number of hydrogen-bond donors (Lipinski definition) is 1. The number of carbonyl (C=O) groups excluding carboxylic acids is 1. The van der Waals surface area contributed by atoms with Crippen LogP contribution in [0.15, 0.2) is 30.3 Å². The van der Waals surface area contributed by atoms with Crippen LogP contribution in [0.3, 0.4) is 0 Å². The summed E-state index contributed by atoms with van der Waals surface area (Å²) in [5, 5.41) is 18.0. The van der Waals surface area contributed by atoms with Crippen molar-refractivity contribution in [1.29, 1.82) is 5.26 Å². The molecule has 1 aliphatic heterocycles. The Morgan fingerprint density at radius 2 is 2.00 bits per heavy atom. The summed E-state index contributed by atoms with van der Waals surface area (Å²) in [6.07, 6.45) is 0.949. The summed E-state index contributed by atoms with van der Waals surface area (Å²) in [5.74, 6) is -0.0145. The second-order valence-corrected chi connectivity index (χ2v) is 4.84. The van der Waals surface area contributed by atoms with Gasteiger partial charge in [-0.2, -0.15) is 5.26 Å². The fourth-order valence-electron chi connectivity index (χ4n) is 2.36. The van der Waals surface area contributed by atoms with E-state index in [4.69, 9.17) is 9.84 Å². The normalized spacial score (nSPS) is 17.5. The number of aliphatic hydroxyl groups is 1. The molecule has 0 unspecified atom stereocenters. The van der Waals surface area contributed by atoms with E-state index < -0.39 is 5.60 Å². The lowest BCUT2D eigenvalue weighted by molar-refractivity contribution is -0.0515. The fraction of sp³-hybridized carbons (Fsp3) is 0.467. The third-order valence-corrected chi connectivity index (χ3v) is 3.55. The summed E-state index contributed by atoms with van der Waals surface area (Å²) in [6, 6.07) is 11.3. The van der Waals surface area contributed by atoms with E-state index in [-0.39, 0.29) is 19.1 Å². The van der Waals surface area contributed by atoms with Gasteiger partial charge in [0.05, 0.1) is 19.3 Å². The van der Waals surface area contributed by atoms with Gasteiger partial charge < -0.3 is 14.7 Å². The van der Waals surface area contributed by atoms with Crippen LogP contribution in [0.4, 0.5) is 0 Å². The van der Waals surface area contributed by atoms with Gasteiger partial charge in [-0.3, -0.25) is 4.79 Å². The molecule has 1 aliphatic rings. The Labute approximate surface area is 118 Å². The molecule has 106 valence electrons. The van der Waals surface area contributed by atoms with E-state index in [0.29, 0.717) is 31.5 Å². The molecule has 0 spiro atoms. The van der Waals surface area contributed by atoms with Crippen LogP contribution in [-0.4, -0.2) is 47.8 Å². The lowest BCUT2D eigenvalue weighted by Gasteiger charge is -2.37. The number of aliphatic hydroxyl groups excluding tert-OH is 1. The zero-order chi connectivity index (χ0) is 14.4. The second-order valence-electron chi connectivity index (χ2n) is 4.84. The smallest absolute Gasteiger partial charge is 0.253 e. The predicted octanol–water partition coefficient (Wildman–Crippen LogP) is 1.19. The molecule has 1 amide bonds. The maximum Gasteiger partial charge on any atom is 0.253 e. The number of amides is 1. The van der Waals surface area contributed by atoms with Gasteiger partial charge in [-0.05, 0) is 12.1 Å². The number of piperidine rings is 1. The number of nitriles is 1. The van der Waals surface area contributed by atoms with Crippen molar-refractivity contribution < 1.29 is 14.6 Å². The molecule has 1 saturated heterocycles. The highest BCUT2D eigenvalue weighted by Crippen LogP contribution is 2.26. The highest BCUT2D eigenvalue weighted by Gasteiger charge is 2.37. The van der Waals surface area contributed by atoms with Crippen LogP contribution in [0.1, 0.15) is 23.2 Å². The monoisotopic (exact) mass is 274 g/mol. The molecule has 1 heterocycles. The van der Waals surface area contributed by atoms with E-state index in [9.17, 15) is 10.1 Å². The van der Waals surface area contributed by atoms with Gasteiger partial charge in [0.1, 0.15) is 0 Å². The molecule has 1 aromatic carbocycles. The average molecular weight is 274 g/mol. The van der Waals surface area contributed by atoms with Gasteiger partial charge in [0, 0.05) is 31.5 Å². The van der Waals surface area contributed by atoms with Crippen molar-refractivity contribution in [2.45, 2.75) is 18.4 Å². The van der Waals surface area contributed by atoms with Gasteiger partial charge in [0.15, 0.2) is 5.60 Å². The predicted molar refractivity (Wildman–Crippen MR) is 73.0 cm³/mol. The van der Waals surface area contributed by atoms with Crippen LogP contribution in [0, 0.1) is 11.3 Å². The van der Waals surface area contributed by atoms with Crippen molar-refractivity contribution >= 4 is 5.91 Å². The van der Waals surface area contributed by atoms with Gasteiger partial charge >= 0.3 is 0 Å². The third-order valence-electron chi connectivity index (χ3n) is 3.55. The maximum atomic E-state index is 12.3. The molecule has 1 N–H and O–H groups in total. The fourth-order valence-corrected chi connectivity index (χ4v) is 2.36. The Morgan fingerprint density at radius 3 is 2.55 bits per heavy atom. The minimum absolute atomic E-state index is 0.0145. The molecule has 0 aromatic heterocycles. The van der Waals surface area contributed by atoms with Crippen LogP contribution in [0.25, 0.3) is 0 Å². The molecule has 0 saturated carbocycles. The first kappa shape index (κ1) is 14.5. The zero-order valence-electron chi connectivity index (χ0n) is 11.3. The standard InChI is InChI=1S/C15H18N2O3/c16-12-15(20-11-10-18)6-8-17(9-7-15)14(19)13-4-2-1-3-5-13/h1-5,18H,6-11H2. The van der Waals surface area contributed by atoms with Crippen LogP contribution < -0.4 is 0 Å². The lowest BCUT2D eigenvalue weighted by Crippen LogP contribution is -2.47. The first-order chi connectivity index (χ1) is 9.71. The molecule has 1 fully saturated rings. The molecule has 0 atom stereocenters. The molecule has 2 rings (SSSR count). The second kappa shape index (κ2) is 6.51. The Kier molecular flexibility index (Phi) is 4.72. The lowest BCUT2D eigenvalue weighted by atomic mass is 9.92. The quantitative estimate of drug-likeness (QED) is 0.895. The highest BCUT2D eigenvalue weighted by molar-refractivity contribution is 5.94. The van der Waals surface area contributed by atoms with Crippen molar-refractivity contribution in [3.05, 3.63) is 35.9 Å². The number of rotatable bonds is 4. The van der Waals surface area contributed by atoms with Crippen molar-refractivity contribution in [3.8, 4) is 6.07 Å². The molecule has 1 aromatic rings. The average Bonchev–Trinajstić information content (AvgIpc) is 2.53. The van der Waals surface area contributed by atoms with E-state index in [0.717, 1.165) is 0 Å². The Balaban J connectivity index is 1.97. The third kappa shape index (κ3) is 3.16. The molecule has 5 nitrogen and oxygen atoms in total. The van der Waals surface area contributed by atoms with E-state index in [1.165, 1.54) is 0 Å². The van der Waals surface area contributed by atoms with Gasteiger partial charge in [-0.25, -0.2) is 0 Å². The molecular formula is C15H18N2O3. The summed E-state index contributed by atoms with van der Waals surface area (Å²) in [6.45, 7) is 1.04. The minimum Gasteiger partial charge on any atom is -0.394 e. The van der Waals surface area contributed by atoms with Crippen LogP contribution in [0.5, 0.6) is 0 Å². The van der Waals surface area contributed by atoms with Crippen molar-refractivity contribution in [1.82, 2.24) is 4.90 Å². The van der Waals surface area contributed by atoms with Gasteiger partial charge in [0.2, 0.25) is 0 Å². The summed E-state index contributed by atoms with van der Waals surface area (Å²) in [7, 11) is 0. The summed E-state index contributed by atoms with van der Waals surface area (Å²) < 4.78 is 5.45. The molecule has 5 heteroatoms. The molecular weight excluding hydrogens is 256 g/mol. The van der Waals surface area contributed by atoms with E-state index >= 15 is 0 Å². The van der Waals surface area contributed by atoms with Crippen LogP contribution in [-0.2, 0) is 4.74 Å². The number of likely N-dealkylation sites (tertiary alicyclic amines) is 1. The number of nitrogens with zero attached hydrogens (tertiary/aromatic N) is 2. The number of hydrogen-bond acceptors (Lipinski definition) is 4. The van der Waals surface area contributed by atoms with E-state index in [1.807, 2.05) is 18.2 Å². The molecule has 0 bridgehead atoms. The topological polar surface area (TPSA) is 73.6 Å². The van der Waals surface area contributed by atoms with E-state index in [1.54, 1.807) is 17.0 Å². The first-order valence-electron chi connectivity index (χ1n) is 6.71. The van der Waals surface area contributed by atoms with Crippen molar-refractivity contribution in [2.75, 3.05) is 26.3 Å². The maximum absolute atomic E-state index is 12.3. The van der Waals surface area contributed by atoms with Crippen molar-refractivity contribution in [2.24, 2.45) is 0 Å². The number of carbonyl (C=O) groups is 1. The van der Waals surface area contributed by atoms with Gasteiger partial charge in [-0.15, -0.1) is 0 Å². The van der Waals surface area contributed by atoms with Gasteiger partial charge in [0.25, 0.3) is 5.91 Å². The van der Waals surface area contributed by atoms with Crippen LogP contribution in [0.2, 0.25) is 0 Å². The summed E-state index contributed by atoms with van der Waals surface area (Å²) >= 11 is 0. The summed E-state index contributed by atoms with van der Waals surface area (Å²) in [4.78, 5) is 14.0. The largest absolute Gasteiger partial charge is 0.394 e. The molecule has 0 radical (unpaired) electrons. The van der Waals surface area contributed by atoms with Crippen molar-refractivity contribution in [3.63, 3.8) is 0 Å². The van der Waals surface area contributed by atoms with Gasteiger partial charge in [-0.1, -0.05) is 18.2 Å². The summed E-state index contributed by atoms with van der Waals surface area (Å²) in [5.41, 5.74) is -0.204. The zero-order valence-corrected chi connectivity index (χ0v) is 11.3. The Bertz CT molecular complexity index is 488. The Morgan fingerprint density at radius 1 is 1.35 bits per heavy atom. The molecule has 0 aliphatic carbocycles. The minimum atomic E-state index is -0.865. The first-order valence-corrected chi connectivity index (χ1v) is 6.71. The number of ether oxygens (including phenoxy) is 1.